The van der Waals surface area contributed by atoms with Crippen LogP contribution in [-0.2, 0) is 0 Å². The molecule has 0 saturated heterocycles. The lowest BCUT2D eigenvalue weighted by molar-refractivity contribution is 0.0696. The number of nitrogens with zero attached hydrogens (tertiary/aromatic N) is 3. The highest BCUT2D eigenvalue weighted by atomic mass is 79.9. The Morgan fingerprint density at radius 1 is 1.33 bits per heavy atom. The van der Waals surface area contributed by atoms with Crippen molar-refractivity contribution < 1.29 is 9.90 Å². The van der Waals surface area contributed by atoms with Gasteiger partial charge >= 0.3 is 5.97 Å². The van der Waals surface area contributed by atoms with Crippen LogP contribution in [0.25, 0.3) is 17.0 Å². The first-order valence-electron chi connectivity index (χ1n) is 6.01. The van der Waals surface area contributed by atoms with E-state index < -0.39 is 5.97 Å². The van der Waals surface area contributed by atoms with Crippen LogP contribution >= 0.6 is 27.5 Å². The smallest absolute Gasteiger partial charge is 0.337 e. The van der Waals surface area contributed by atoms with Crippen LogP contribution in [0.15, 0.2) is 34.9 Å². The fourth-order valence-corrected chi connectivity index (χ4v) is 2.74. The summed E-state index contributed by atoms with van der Waals surface area (Å²) in [6, 6.07) is 7.19. The van der Waals surface area contributed by atoms with Crippen molar-refractivity contribution in [3.8, 4) is 11.4 Å². The Hall–Kier alpha value is -1.92. The molecular weight excluding hydrogens is 358 g/mol. The van der Waals surface area contributed by atoms with Crippen molar-refractivity contribution >= 4 is 39.1 Å². The maximum absolute atomic E-state index is 11.2. The number of benzene rings is 1. The second kappa shape index (κ2) is 5.13. The van der Waals surface area contributed by atoms with Crippen molar-refractivity contribution in [2.24, 2.45) is 0 Å². The van der Waals surface area contributed by atoms with Gasteiger partial charge in [-0.2, -0.15) is 0 Å². The van der Waals surface area contributed by atoms with Crippen LogP contribution in [0.5, 0.6) is 0 Å². The number of hydrogen-bond acceptors (Lipinski definition) is 3. The van der Waals surface area contributed by atoms with Gasteiger partial charge < -0.3 is 5.11 Å². The Kier molecular flexibility index (Phi) is 3.43. The van der Waals surface area contributed by atoms with Crippen molar-refractivity contribution in [2.75, 3.05) is 0 Å². The summed E-state index contributed by atoms with van der Waals surface area (Å²) in [5.41, 5.74) is 2.38. The predicted molar refractivity (Wildman–Crippen MR) is 82.8 cm³/mol. The van der Waals surface area contributed by atoms with E-state index in [1.165, 1.54) is 12.3 Å². The molecule has 0 radical (unpaired) electrons. The summed E-state index contributed by atoms with van der Waals surface area (Å²) in [7, 11) is 0. The van der Waals surface area contributed by atoms with Gasteiger partial charge in [0.2, 0.25) is 0 Å². The topological polar surface area (TPSA) is 67.5 Å². The molecule has 0 unspecified atom stereocenters. The average Bonchev–Trinajstić information content (AvgIpc) is 2.85. The number of rotatable bonds is 2. The van der Waals surface area contributed by atoms with Gasteiger partial charge in [-0.25, -0.2) is 4.79 Å². The highest BCUT2D eigenvalue weighted by molar-refractivity contribution is 9.10. The Morgan fingerprint density at radius 2 is 2.10 bits per heavy atom. The van der Waals surface area contributed by atoms with Crippen molar-refractivity contribution in [1.29, 1.82) is 0 Å². The molecule has 2 heterocycles. The predicted octanol–water partition coefficient (Wildman–Crippen LogP) is 3.82. The molecule has 0 bridgehead atoms. The van der Waals surface area contributed by atoms with Gasteiger partial charge in [-0.05, 0) is 25.1 Å². The highest BCUT2D eigenvalue weighted by Gasteiger charge is 2.16. The Bertz CT molecular complexity index is 876. The molecule has 7 heteroatoms. The van der Waals surface area contributed by atoms with Crippen LogP contribution in [0.1, 0.15) is 15.9 Å². The lowest BCUT2D eigenvalue weighted by Crippen LogP contribution is -2.00. The van der Waals surface area contributed by atoms with Gasteiger partial charge in [-0.15, -0.1) is 10.2 Å². The molecule has 3 rings (SSSR count). The molecule has 1 aromatic carbocycles. The number of halogens is 2. The van der Waals surface area contributed by atoms with E-state index in [1.807, 2.05) is 25.1 Å². The SMILES string of the molecule is Cc1ccc(Br)c(-c2nnc3c(Cl)cc(C(=O)O)cn23)c1. The Balaban J connectivity index is 2.33. The largest absolute Gasteiger partial charge is 0.478 e. The molecule has 0 aliphatic heterocycles. The number of aryl methyl sites for hydroxylation is 1. The lowest BCUT2D eigenvalue weighted by atomic mass is 10.1. The summed E-state index contributed by atoms with van der Waals surface area (Å²) in [4.78, 5) is 11.2. The first kappa shape index (κ1) is 14.0. The summed E-state index contributed by atoms with van der Waals surface area (Å²) in [6.45, 7) is 1.97. The summed E-state index contributed by atoms with van der Waals surface area (Å²) in [5, 5.41) is 17.6. The Labute approximate surface area is 133 Å². The number of aromatic nitrogens is 3. The van der Waals surface area contributed by atoms with E-state index >= 15 is 0 Å². The van der Waals surface area contributed by atoms with Gasteiger partial charge in [0.25, 0.3) is 0 Å². The third-order valence-corrected chi connectivity index (χ3v) is 4.04. The zero-order chi connectivity index (χ0) is 15.1. The fourth-order valence-electron chi connectivity index (χ4n) is 2.07. The molecule has 0 aliphatic rings. The normalized spacial score (nSPS) is 11.0. The summed E-state index contributed by atoms with van der Waals surface area (Å²) >= 11 is 9.55. The summed E-state index contributed by atoms with van der Waals surface area (Å²) < 4.78 is 2.44. The zero-order valence-corrected chi connectivity index (χ0v) is 13.2. The summed E-state index contributed by atoms with van der Waals surface area (Å²) in [6.07, 6.45) is 1.47. The van der Waals surface area contributed by atoms with Gasteiger partial charge in [-0.3, -0.25) is 4.40 Å². The molecule has 5 nitrogen and oxygen atoms in total. The van der Waals surface area contributed by atoms with Crippen LogP contribution in [-0.4, -0.2) is 25.7 Å². The number of carbonyl (C=O) groups is 1. The van der Waals surface area contributed by atoms with Crippen molar-refractivity contribution in [2.45, 2.75) is 6.92 Å². The van der Waals surface area contributed by atoms with E-state index in [9.17, 15) is 4.79 Å². The van der Waals surface area contributed by atoms with E-state index in [2.05, 4.69) is 26.1 Å². The first-order valence-corrected chi connectivity index (χ1v) is 7.18. The second-order valence-corrected chi connectivity index (χ2v) is 5.84. The maximum atomic E-state index is 11.2. The van der Waals surface area contributed by atoms with Gasteiger partial charge in [0, 0.05) is 16.2 Å². The fraction of sp³-hybridized carbons (Fsp3) is 0.0714. The number of carboxylic acids is 1. The van der Waals surface area contributed by atoms with Crippen LogP contribution in [0, 0.1) is 6.92 Å². The van der Waals surface area contributed by atoms with E-state index in [-0.39, 0.29) is 10.6 Å². The van der Waals surface area contributed by atoms with Crippen molar-refractivity contribution in [3.05, 3.63) is 51.1 Å². The van der Waals surface area contributed by atoms with E-state index in [1.54, 1.807) is 4.40 Å². The molecule has 0 atom stereocenters. The molecule has 1 N–H and O–H groups in total. The minimum absolute atomic E-state index is 0.0809. The lowest BCUT2D eigenvalue weighted by Gasteiger charge is -2.06. The molecule has 21 heavy (non-hydrogen) atoms. The standard InChI is InChI=1S/C14H9BrClN3O2/c1-7-2-3-10(15)9(4-7)12-17-18-13-11(16)5-8(14(20)21)6-19(12)13/h2-6H,1H3,(H,20,21). The van der Waals surface area contributed by atoms with Gasteiger partial charge in [0.15, 0.2) is 11.5 Å². The van der Waals surface area contributed by atoms with Gasteiger partial charge in [0.1, 0.15) is 0 Å². The van der Waals surface area contributed by atoms with Crippen LogP contribution in [0.4, 0.5) is 0 Å². The molecule has 0 fully saturated rings. The Morgan fingerprint density at radius 3 is 2.81 bits per heavy atom. The average molecular weight is 367 g/mol. The first-order chi connectivity index (χ1) is 9.97. The third-order valence-electron chi connectivity index (χ3n) is 3.07. The van der Waals surface area contributed by atoms with E-state index in [0.717, 1.165) is 15.6 Å². The third kappa shape index (κ3) is 2.41. The number of aromatic carboxylic acids is 1. The van der Waals surface area contributed by atoms with Gasteiger partial charge in [0.05, 0.1) is 10.6 Å². The van der Waals surface area contributed by atoms with Gasteiger partial charge in [-0.1, -0.05) is 39.2 Å². The second-order valence-electron chi connectivity index (χ2n) is 4.58. The number of carboxylic acid groups (broad SMARTS) is 1. The van der Waals surface area contributed by atoms with Crippen LogP contribution < -0.4 is 0 Å². The minimum atomic E-state index is -1.05. The number of fused-ring (bicyclic) bond motifs is 1. The molecule has 0 aliphatic carbocycles. The highest BCUT2D eigenvalue weighted by Crippen LogP contribution is 2.30. The van der Waals surface area contributed by atoms with E-state index in [4.69, 9.17) is 16.7 Å². The molecule has 2 aromatic heterocycles. The van der Waals surface area contributed by atoms with Crippen LogP contribution in [0.2, 0.25) is 5.02 Å². The summed E-state index contributed by atoms with van der Waals surface area (Å²) in [5.74, 6) is -0.521. The van der Waals surface area contributed by atoms with Crippen molar-refractivity contribution in [1.82, 2.24) is 14.6 Å². The maximum Gasteiger partial charge on any atom is 0.337 e. The minimum Gasteiger partial charge on any atom is -0.478 e. The molecular formula is C14H9BrClN3O2. The molecule has 106 valence electrons. The van der Waals surface area contributed by atoms with Crippen molar-refractivity contribution in [3.63, 3.8) is 0 Å². The molecule has 0 saturated carbocycles. The molecule has 3 aromatic rings. The number of hydrogen-bond donors (Lipinski definition) is 1. The molecule has 0 spiro atoms. The molecule has 0 amide bonds. The monoisotopic (exact) mass is 365 g/mol. The zero-order valence-electron chi connectivity index (χ0n) is 10.8. The van der Waals surface area contributed by atoms with Crippen LogP contribution in [0.3, 0.4) is 0 Å². The van der Waals surface area contributed by atoms with E-state index in [0.29, 0.717) is 11.5 Å². The quantitative estimate of drug-likeness (QED) is 0.748. The number of pyridine rings is 1.